The van der Waals surface area contributed by atoms with Crippen molar-refractivity contribution >= 4 is 17.3 Å². The summed E-state index contributed by atoms with van der Waals surface area (Å²) in [6.07, 6.45) is 5.27. The number of benzene rings is 1. The Morgan fingerprint density at radius 1 is 1.03 bits per heavy atom. The number of nitrogens with zero attached hydrogens (tertiary/aromatic N) is 4. The third-order valence-corrected chi connectivity index (χ3v) is 5.16. The number of hydrogen-bond donors (Lipinski definition) is 1. The van der Waals surface area contributed by atoms with Crippen LogP contribution < -0.4 is 10.2 Å². The lowest BCUT2D eigenvalue weighted by Crippen LogP contribution is -2.49. The molecule has 0 saturated carbocycles. The van der Waals surface area contributed by atoms with Gasteiger partial charge in [0, 0.05) is 50.8 Å². The molecule has 0 aliphatic carbocycles. The lowest BCUT2D eigenvalue weighted by molar-refractivity contribution is 0.0741. The highest BCUT2D eigenvalue weighted by Crippen LogP contribution is 2.19. The number of piperazine rings is 1. The first-order valence-corrected chi connectivity index (χ1v) is 9.89. The van der Waals surface area contributed by atoms with Crippen molar-refractivity contribution in [3.63, 3.8) is 0 Å². The first-order chi connectivity index (χ1) is 14.2. The molecule has 1 amide bonds. The van der Waals surface area contributed by atoms with Crippen molar-refractivity contribution in [3.8, 4) is 0 Å². The summed E-state index contributed by atoms with van der Waals surface area (Å²) in [5.74, 6) is -0.00502. The summed E-state index contributed by atoms with van der Waals surface area (Å²) in [6, 6.07) is 16.1. The second-order valence-electron chi connectivity index (χ2n) is 7.26. The van der Waals surface area contributed by atoms with Crippen molar-refractivity contribution in [3.05, 3.63) is 83.9 Å². The zero-order chi connectivity index (χ0) is 20.1. The number of nitrogens with one attached hydrogen (secondary N) is 1. The molecule has 0 atom stereocenters. The Bertz CT molecular complexity index is 951. The molecule has 6 heteroatoms. The van der Waals surface area contributed by atoms with E-state index in [2.05, 4.69) is 51.4 Å². The van der Waals surface area contributed by atoms with E-state index in [1.807, 2.05) is 23.1 Å². The highest BCUT2D eigenvalue weighted by Gasteiger charge is 2.23. The van der Waals surface area contributed by atoms with Gasteiger partial charge in [0.2, 0.25) is 0 Å². The summed E-state index contributed by atoms with van der Waals surface area (Å²) in [5, 5.41) is 3.31. The number of carbonyl (C=O) groups excluding carboxylic acids is 1. The smallest absolute Gasteiger partial charge is 0.272 e. The molecule has 2 aromatic heterocycles. The maximum atomic E-state index is 12.8. The van der Waals surface area contributed by atoms with Crippen LogP contribution in [0.5, 0.6) is 0 Å². The molecule has 0 spiro atoms. The third kappa shape index (κ3) is 4.71. The number of hydrogen-bond acceptors (Lipinski definition) is 5. The number of pyridine rings is 2. The van der Waals surface area contributed by atoms with E-state index in [9.17, 15) is 4.79 Å². The van der Waals surface area contributed by atoms with Crippen LogP contribution in [0.25, 0.3) is 0 Å². The number of aryl methyl sites for hydroxylation is 1. The Morgan fingerprint density at radius 2 is 1.83 bits per heavy atom. The van der Waals surface area contributed by atoms with Crippen LogP contribution in [-0.2, 0) is 6.54 Å². The van der Waals surface area contributed by atoms with E-state index < -0.39 is 0 Å². The summed E-state index contributed by atoms with van der Waals surface area (Å²) in [4.78, 5) is 25.4. The van der Waals surface area contributed by atoms with E-state index in [0.29, 0.717) is 25.3 Å². The van der Waals surface area contributed by atoms with Gasteiger partial charge in [-0.25, -0.2) is 4.98 Å². The minimum absolute atomic E-state index is 0.00502. The van der Waals surface area contributed by atoms with Gasteiger partial charge in [0.25, 0.3) is 5.91 Å². The molecule has 6 nitrogen and oxygen atoms in total. The summed E-state index contributed by atoms with van der Waals surface area (Å²) in [7, 11) is 0. The van der Waals surface area contributed by atoms with Crippen LogP contribution in [0, 0.1) is 6.92 Å². The van der Waals surface area contributed by atoms with Crippen LogP contribution in [0.3, 0.4) is 0 Å². The van der Waals surface area contributed by atoms with Crippen LogP contribution in [0.15, 0.2) is 67.1 Å². The fourth-order valence-corrected chi connectivity index (χ4v) is 3.48. The maximum absolute atomic E-state index is 12.8. The topological polar surface area (TPSA) is 61.4 Å². The van der Waals surface area contributed by atoms with Gasteiger partial charge in [0.05, 0.1) is 11.9 Å². The molecule has 29 heavy (non-hydrogen) atoms. The highest BCUT2D eigenvalue weighted by atomic mass is 16.2. The third-order valence-electron chi connectivity index (χ3n) is 5.16. The van der Waals surface area contributed by atoms with Gasteiger partial charge in [-0.3, -0.25) is 9.78 Å². The van der Waals surface area contributed by atoms with E-state index in [1.54, 1.807) is 24.7 Å². The van der Waals surface area contributed by atoms with Crippen molar-refractivity contribution in [2.75, 3.05) is 36.4 Å². The summed E-state index contributed by atoms with van der Waals surface area (Å²) in [6.45, 7) is 5.87. The van der Waals surface area contributed by atoms with Crippen molar-refractivity contribution in [2.24, 2.45) is 0 Å². The average molecular weight is 387 g/mol. The summed E-state index contributed by atoms with van der Waals surface area (Å²) in [5.41, 5.74) is 5.00. The minimum Gasteiger partial charge on any atom is -0.380 e. The van der Waals surface area contributed by atoms with Crippen molar-refractivity contribution in [2.45, 2.75) is 13.5 Å². The molecule has 1 aromatic carbocycles. The first-order valence-electron chi connectivity index (χ1n) is 9.89. The Hall–Kier alpha value is -3.41. The lowest BCUT2D eigenvalue weighted by atomic mass is 10.2. The molecule has 0 radical (unpaired) electrons. The number of rotatable bonds is 5. The summed E-state index contributed by atoms with van der Waals surface area (Å²) < 4.78 is 0. The normalized spacial score (nSPS) is 14.0. The number of amides is 1. The molecule has 148 valence electrons. The molecule has 0 unspecified atom stereocenters. The molecule has 0 bridgehead atoms. The first kappa shape index (κ1) is 18.9. The van der Waals surface area contributed by atoms with E-state index in [0.717, 1.165) is 24.3 Å². The number of carbonyl (C=O) groups is 1. The average Bonchev–Trinajstić information content (AvgIpc) is 2.78. The Morgan fingerprint density at radius 3 is 2.52 bits per heavy atom. The van der Waals surface area contributed by atoms with Crippen molar-refractivity contribution < 1.29 is 4.79 Å². The van der Waals surface area contributed by atoms with Crippen molar-refractivity contribution in [1.82, 2.24) is 14.9 Å². The largest absolute Gasteiger partial charge is 0.380 e. The Labute approximate surface area is 171 Å². The van der Waals surface area contributed by atoms with E-state index >= 15 is 0 Å². The molecule has 1 saturated heterocycles. The minimum atomic E-state index is -0.00502. The van der Waals surface area contributed by atoms with Crippen LogP contribution in [0.2, 0.25) is 0 Å². The van der Waals surface area contributed by atoms with Crippen LogP contribution in [-0.4, -0.2) is 47.0 Å². The Balaban J connectivity index is 1.31. The van der Waals surface area contributed by atoms with Crippen LogP contribution in [0.1, 0.15) is 21.6 Å². The van der Waals surface area contributed by atoms with Crippen LogP contribution >= 0.6 is 0 Å². The van der Waals surface area contributed by atoms with Crippen molar-refractivity contribution in [1.29, 1.82) is 0 Å². The predicted molar refractivity (Wildman–Crippen MR) is 115 cm³/mol. The van der Waals surface area contributed by atoms with Gasteiger partial charge in [0.1, 0.15) is 5.69 Å². The fourth-order valence-electron chi connectivity index (χ4n) is 3.48. The van der Waals surface area contributed by atoms with E-state index in [-0.39, 0.29) is 5.91 Å². The SMILES string of the molecule is Cc1cccc(N2CCN(C(=O)c3ccc(NCc4ccncc4)cn3)CC2)c1. The molecule has 3 aromatic rings. The van der Waals surface area contributed by atoms with Gasteiger partial charge in [-0.1, -0.05) is 12.1 Å². The molecule has 1 aliphatic heterocycles. The van der Waals surface area contributed by atoms with Gasteiger partial charge in [-0.05, 0) is 54.4 Å². The molecular formula is C23H25N5O. The highest BCUT2D eigenvalue weighted by molar-refractivity contribution is 5.92. The monoisotopic (exact) mass is 387 g/mol. The number of aromatic nitrogens is 2. The molecule has 1 fully saturated rings. The fraction of sp³-hybridized carbons (Fsp3) is 0.261. The quantitative estimate of drug-likeness (QED) is 0.727. The van der Waals surface area contributed by atoms with E-state index in [4.69, 9.17) is 0 Å². The molecular weight excluding hydrogens is 362 g/mol. The van der Waals surface area contributed by atoms with E-state index in [1.165, 1.54) is 11.3 Å². The van der Waals surface area contributed by atoms with Gasteiger partial charge < -0.3 is 15.1 Å². The molecule has 1 aliphatic rings. The van der Waals surface area contributed by atoms with Crippen LogP contribution in [0.4, 0.5) is 11.4 Å². The zero-order valence-electron chi connectivity index (χ0n) is 16.6. The molecule has 1 N–H and O–H groups in total. The predicted octanol–water partition coefficient (Wildman–Crippen LogP) is 3.36. The summed E-state index contributed by atoms with van der Waals surface area (Å²) >= 11 is 0. The second-order valence-corrected chi connectivity index (χ2v) is 7.26. The van der Waals surface area contributed by atoms with Gasteiger partial charge in [0.15, 0.2) is 0 Å². The molecule has 3 heterocycles. The number of anilines is 2. The zero-order valence-corrected chi connectivity index (χ0v) is 16.6. The second kappa shape index (κ2) is 8.73. The van der Waals surface area contributed by atoms with Gasteiger partial charge in [-0.2, -0.15) is 0 Å². The standard InChI is InChI=1S/C23H25N5O/c1-18-3-2-4-21(15-18)27-11-13-28(14-12-27)23(29)22-6-5-20(17-26-22)25-16-19-7-9-24-10-8-19/h2-10,15,17,25H,11-14,16H2,1H3. The Kier molecular flexibility index (Phi) is 5.70. The van der Waals surface area contributed by atoms with Gasteiger partial charge >= 0.3 is 0 Å². The molecule has 4 rings (SSSR count). The van der Waals surface area contributed by atoms with Gasteiger partial charge in [-0.15, -0.1) is 0 Å². The maximum Gasteiger partial charge on any atom is 0.272 e. The lowest BCUT2D eigenvalue weighted by Gasteiger charge is -2.36.